The summed E-state index contributed by atoms with van der Waals surface area (Å²) in [4.78, 5) is 10.7. The molecule has 0 saturated heterocycles. The van der Waals surface area contributed by atoms with Crippen molar-refractivity contribution in [3.05, 3.63) is 0 Å². The minimum Gasteiger partial charge on any atom is -0.341 e. The molecule has 0 radical (unpaired) electrons. The lowest BCUT2D eigenvalue weighted by Gasteiger charge is -2.10. The summed E-state index contributed by atoms with van der Waals surface area (Å²) in [5, 5.41) is 5.42. The Morgan fingerprint density at radius 3 is 2.60 bits per heavy atom. The number of nitrogens with one attached hydrogen (secondary N) is 2. The Kier molecular flexibility index (Phi) is 2.54. The van der Waals surface area contributed by atoms with Gasteiger partial charge in [0.2, 0.25) is 0 Å². The molecule has 0 heterocycles. The van der Waals surface area contributed by atoms with Crippen molar-refractivity contribution < 1.29 is 6.22 Å². The fraction of sp³-hybridized carbons (Fsp3) is 0.857. The molecule has 0 aromatic rings. The molecule has 0 aliphatic heterocycles. The normalized spacial score (nSPS) is 18.9. The summed E-state index contributed by atoms with van der Waals surface area (Å²) in [6.07, 6.45) is 4.81. The third kappa shape index (κ3) is 1.90. The summed E-state index contributed by atoms with van der Waals surface area (Å²) in [5.41, 5.74) is 0. The summed E-state index contributed by atoms with van der Waals surface area (Å²) in [7, 11) is 1.64. The first kappa shape index (κ1) is 7.38. The Labute approximate surface area is 62.7 Å². The van der Waals surface area contributed by atoms with Gasteiger partial charge < -0.3 is 10.6 Å². The van der Waals surface area contributed by atoms with E-state index in [-0.39, 0.29) is 7.46 Å². The Morgan fingerprint density at radius 2 is 2.10 bits per heavy atom. The minimum atomic E-state index is -0.0492. The van der Waals surface area contributed by atoms with Gasteiger partial charge in [-0.25, -0.2) is 4.79 Å². The molecule has 2 N–H and O–H groups in total. The van der Waals surface area contributed by atoms with E-state index < -0.39 is 0 Å². The van der Waals surface area contributed by atoms with Gasteiger partial charge in [0, 0.05) is 14.5 Å². The lowest BCUT2D eigenvalue weighted by Crippen LogP contribution is -2.38. The van der Waals surface area contributed by atoms with Crippen LogP contribution in [0.1, 0.15) is 27.1 Å². The highest BCUT2D eigenvalue weighted by molar-refractivity contribution is 5.73. The van der Waals surface area contributed by atoms with E-state index in [1.54, 1.807) is 7.05 Å². The van der Waals surface area contributed by atoms with Gasteiger partial charge in [0.25, 0.3) is 0 Å². The van der Waals surface area contributed by atoms with Gasteiger partial charge in [-0.15, -0.1) is 0 Å². The first-order chi connectivity index (χ1) is 4.83. The first-order valence-electron chi connectivity index (χ1n) is 3.81. The van der Waals surface area contributed by atoms with Gasteiger partial charge in [0.15, 0.2) is 0 Å². The number of amides is 2. The summed E-state index contributed by atoms with van der Waals surface area (Å²) < 4.78 is 0. The quantitative estimate of drug-likeness (QED) is 0.568. The highest BCUT2D eigenvalue weighted by atomic mass is 16.2. The molecule has 0 unspecified atom stereocenters. The van der Waals surface area contributed by atoms with E-state index in [9.17, 15) is 4.79 Å². The highest BCUT2D eigenvalue weighted by Gasteiger charge is 2.15. The number of hydrogen-bond donors (Lipinski definition) is 2. The van der Waals surface area contributed by atoms with E-state index in [0.717, 1.165) is 12.8 Å². The zero-order valence-electron chi connectivity index (χ0n) is 6.31. The van der Waals surface area contributed by atoms with E-state index in [0.29, 0.717) is 6.04 Å². The third-order valence-electron chi connectivity index (χ3n) is 1.92. The Balaban J connectivity index is 0.000001000. The van der Waals surface area contributed by atoms with Crippen LogP contribution >= 0.6 is 0 Å². The molecule has 0 bridgehead atoms. The van der Waals surface area contributed by atoms with Gasteiger partial charge in [0.05, 0.1) is 0 Å². The van der Waals surface area contributed by atoms with Gasteiger partial charge >= 0.3 is 6.03 Å². The molecular formula is C7H16N2O. The number of hydrogen-bond acceptors (Lipinski definition) is 1. The van der Waals surface area contributed by atoms with Crippen LogP contribution in [0.3, 0.4) is 0 Å². The molecule has 1 saturated carbocycles. The van der Waals surface area contributed by atoms with Crippen molar-refractivity contribution in [3.8, 4) is 0 Å². The maximum atomic E-state index is 10.7. The maximum Gasteiger partial charge on any atom is 0.314 e. The second kappa shape index (κ2) is 3.44. The predicted octanol–water partition coefficient (Wildman–Crippen LogP) is 1.10. The number of rotatable bonds is 1. The Hall–Kier alpha value is -0.730. The van der Waals surface area contributed by atoms with Crippen molar-refractivity contribution in [2.75, 3.05) is 7.05 Å². The van der Waals surface area contributed by atoms with Crippen molar-refractivity contribution in [1.82, 2.24) is 10.6 Å². The lowest BCUT2D eigenvalue weighted by molar-refractivity contribution is 0.239. The van der Waals surface area contributed by atoms with Crippen LogP contribution in [0, 0.1) is 0 Å². The summed E-state index contributed by atoms with van der Waals surface area (Å²) in [6.45, 7) is 0. The van der Waals surface area contributed by atoms with Crippen molar-refractivity contribution in [3.63, 3.8) is 0 Å². The van der Waals surface area contributed by atoms with Gasteiger partial charge in [-0.3, -0.25) is 0 Å². The minimum absolute atomic E-state index is 0. The molecular weight excluding hydrogens is 128 g/mol. The van der Waals surface area contributed by atoms with Crippen LogP contribution in [-0.4, -0.2) is 19.1 Å². The number of urea groups is 1. The van der Waals surface area contributed by atoms with Gasteiger partial charge in [-0.05, 0) is 12.8 Å². The molecule has 1 aliphatic rings. The van der Waals surface area contributed by atoms with E-state index in [4.69, 9.17) is 0 Å². The van der Waals surface area contributed by atoms with Crippen LogP contribution in [0.5, 0.6) is 0 Å². The zero-order chi connectivity index (χ0) is 7.40. The summed E-state index contributed by atoms with van der Waals surface area (Å²) in [6, 6.07) is 0.381. The smallest absolute Gasteiger partial charge is 0.314 e. The summed E-state index contributed by atoms with van der Waals surface area (Å²) in [5.74, 6) is 0. The first-order valence-corrected chi connectivity index (χ1v) is 3.81. The molecule has 1 rings (SSSR count). The molecule has 3 heteroatoms. The molecule has 1 fully saturated rings. The van der Waals surface area contributed by atoms with Crippen LogP contribution in [0.2, 0.25) is 0 Å². The third-order valence-corrected chi connectivity index (χ3v) is 1.92. The largest absolute Gasteiger partial charge is 0.341 e. The zero-order valence-corrected chi connectivity index (χ0v) is 6.31. The van der Waals surface area contributed by atoms with E-state index in [1.165, 1.54) is 12.8 Å². The lowest BCUT2D eigenvalue weighted by atomic mass is 10.3. The van der Waals surface area contributed by atoms with Gasteiger partial charge in [-0.2, -0.15) is 0 Å². The average Bonchev–Trinajstić information content (AvgIpc) is 2.40. The molecule has 3 nitrogen and oxygen atoms in total. The standard InChI is InChI=1S/C7H14N2O.H2/c1-8-7(10)9-6-4-2-3-5-6;/h6H,2-5H2,1H3,(H2,8,9,10);1H. The van der Waals surface area contributed by atoms with Crippen LogP contribution in [0.15, 0.2) is 0 Å². The second-order valence-electron chi connectivity index (χ2n) is 2.70. The van der Waals surface area contributed by atoms with Crippen LogP contribution in [0.25, 0.3) is 0 Å². The molecule has 10 heavy (non-hydrogen) atoms. The molecule has 60 valence electrons. The van der Waals surface area contributed by atoms with Crippen molar-refractivity contribution >= 4 is 6.03 Å². The second-order valence-corrected chi connectivity index (χ2v) is 2.70. The molecule has 1 aliphatic carbocycles. The molecule has 2 amide bonds. The Morgan fingerprint density at radius 1 is 1.50 bits per heavy atom. The Bertz CT molecular complexity index is 124. The number of carbonyl (C=O) groups excluding carboxylic acids is 1. The SMILES string of the molecule is CNC(=O)NC1CCCC1.[HH]. The van der Waals surface area contributed by atoms with Crippen molar-refractivity contribution in [2.45, 2.75) is 31.7 Å². The van der Waals surface area contributed by atoms with E-state index in [1.807, 2.05) is 0 Å². The van der Waals surface area contributed by atoms with Gasteiger partial charge in [-0.1, -0.05) is 12.8 Å². The average molecular weight is 144 g/mol. The van der Waals surface area contributed by atoms with Crippen LogP contribution in [-0.2, 0) is 0 Å². The molecule has 0 aromatic carbocycles. The molecule has 0 aromatic heterocycles. The van der Waals surface area contributed by atoms with Gasteiger partial charge in [0.1, 0.15) is 0 Å². The highest BCUT2D eigenvalue weighted by Crippen LogP contribution is 2.17. The van der Waals surface area contributed by atoms with Crippen LogP contribution < -0.4 is 10.6 Å². The van der Waals surface area contributed by atoms with Crippen molar-refractivity contribution in [2.24, 2.45) is 0 Å². The summed E-state index contributed by atoms with van der Waals surface area (Å²) >= 11 is 0. The van der Waals surface area contributed by atoms with E-state index >= 15 is 0 Å². The maximum absolute atomic E-state index is 10.7. The topological polar surface area (TPSA) is 41.1 Å². The fourth-order valence-corrected chi connectivity index (χ4v) is 1.33. The predicted molar refractivity (Wildman–Crippen MR) is 42.0 cm³/mol. The monoisotopic (exact) mass is 144 g/mol. The number of carbonyl (C=O) groups is 1. The van der Waals surface area contributed by atoms with Crippen LogP contribution in [0.4, 0.5) is 4.79 Å². The molecule has 0 atom stereocenters. The fourth-order valence-electron chi connectivity index (χ4n) is 1.33. The van der Waals surface area contributed by atoms with E-state index in [2.05, 4.69) is 10.6 Å². The molecule has 0 spiro atoms. The van der Waals surface area contributed by atoms with Crippen molar-refractivity contribution in [1.29, 1.82) is 0 Å².